The first kappa shape index (κ1) is 71.5. The second-order valence-electron chi connectivity index (χ2n) is 30.2. The van der Waals surface area contributed by atoms with Gasteiger partial charge in [0.2, 0.25) is 0 Å². The highest BCUT2D eigenvalue weighted by atomic mass is 16.6. The van der Waals surface area contributed by atoms with Gasteiger partial charge in [-0.05, 0) is 225 Å². The van der Waals surface area contributed by atoms with Gasteiger partial charge in [-0.2, -0.15) is 10.5 Å². The number of nitriles is 2. The highest BCUT2D eigenvalue weighted by Gasteiger charge is 2.73. The van der Waals surface area contributed by atoms with Crippen molar-refractivity contribution in [3.05, 3.63) is 0 Å². The van der Waals surface area contributed by atoms with E-state index in [-0.39, 0.29) is 100.0 Å². The molecule has 9 fully saturated rings. The molecule has 10 atom stereocenters. The Morgan fingerprint density at radius 3 is 1.03 bits per heavy atom. The topological polar surface area (TPSA) is 258 Å². The summed E-state index contributed by atoms with van der Waals surface area (Å²) in [6.45, 7) is 34.4. The zero-order valence-electron chi connectivity index (χ0n) is 55.6. The van der Waals surface area contributed by atoms with Crippen molar-refractivity contribution in [2.75, 3.05) is 6.61 Å². The molecule has 2 saturated heterocycles. The fraction of sp³-hybridized carbons (Fsp3) is 0.853. The van der Waals surface area contributed by atoms with E-state index >= 15 is 0 Å². The highest BCUT2D eigenvalue weighted by molar-refractivity contribution is 5.86. The van der Waals surface area contributed by atoms with Crippen LogP contribution in [0.25, 0.3) is 0 Å². The standard InChI is InChI=1S/2C15H19NO4.C14H24O4.2C12H22O2/c2*1-4-14(2,3)12(17)19-10-8-5-9-11(10)20-13(18)15(9,6-8)7-16;1-5-13(2,3)12(16)17-10-11(15)18-14(4)8-6-7-9-14;2*1-5-11(2,3)10(13)14-12(4)8-6-7-9-12/h2*8-11H,4-6H2,1-3H3;5-10H2,1-4H3;2*5-9H2,1-4H3. The Bertz CT molecular complexity index is 2430. The van der Waals surface area contributed by atoms with Crippen molar-refractivity contribution >= 4 is 47.8 Å². The van der Waals surface area contributed by atoms with Crippen molar-refractivity contribution in [2.45, 2.75) is 301 Å². The number of carbonyl (C=O) groups is 8. The molecule has 0 spiro atoms. The second kappa shape index (κ2) is 27.2. The zero-order valence-corrected chi connectivity index (χ0v) is 55.6. The van der Waals surface area contributed by atoms with Gasteiger partial charge in [-0.1, -0.05) is 34.6 Å². The molecule has 0 aromatic heterocycles. The van der Waals surface area contributed by atoms with Crippen molar-refractivity contribution in [3.63, 3.8) is 0 Å². The van der Waals surface area contributed by atoms with Gasteiger partial charge in [0.05, 0.1) is 39.2 Å². The molecule has 2 aliphatic heterocycles. The number of hydrogen-bond donors (Lipinski definition) is 0. The fourth-order valence-electron chi connectivity index (χ4n) is 12.9. The number of fused-ring (bicyclic) bond motifs is 2. The molecule has 0 aromatic rings. The van der Waals surface area contributed by atoms with E-state index < -0.39 is 57.2 Å². The molecule has 9 rings (SSSR count). The second-order valence-corrected chi connectivity index (χ2v) is 30.2. The quantitative estimate of drug-likeness (QED) is 0.0968. The van der Waals surface area contributed by atoms with Crippen LogP contribution in [-0.2, 0) is 76.3 Å². The van der Waals surface area contributed by atoms with E-state index in [0.29, 0.717) is 32.1 Å². The molecule has 7 aliphatic carbocycles. The van der Waals surface area contributed by atoms with Crippen molar-refractivity contribution < 1.29 is 76.3 Å². The van der Waals surface area contributed by atoms with E-state index in [0.717, 1.165) is 77.0 Å². The Hall–Kier alpha value is -5.26. The number of rotatable bonds is 17. The van der Waals surface area contributed by atoms with E-state index in [1.807, 2.05) is 96.9 Å². The fourth-order valence-corrected chi connectivity index (χ4v) is 12.9. The first-order valence-corrected chi connectivity index (χ1v) is 32.3. The lowest BCUT2D eigenvalue weighted by atomic mass is 9.74. The predicted molar refractivity (Wildman–Crippen MR) is 318 cm³/mol. The molecular weight excluding hydrogens is 1100 g/mol. The molecule has 18 nitrogen and oxygen atoms in total. The summed E-state index contributed by atoms with van der Waals surface area (Å²) in [5.41, 5.74) is -4.92. The molecule has 0 aromatic carbocycles. The van der Waals surface area contributed by atoms with E-state index in [4.69, 9.17) is 37.9 Å². The molecule has 86 heavy (non-hydrogen) atoms. The molecule has 18 heteroatoms. The van der Waals surface area contributed by atoms with Crippen LogP contribution in [0.4, 0.5) is 0 Å². The Kier molecular flexibility index (Phi) is 22.6. The van der Waals surface area contributed by atoms with E-state index in [2.05, 4.69) is 26.0 Å². The molecule has 9 aliphatic rings. The minimum atomic E-state index is -0.974. The van der Waals surface area contributed by atoms with Gasteiger partial charge in [-0.15, -0.1) is 0 Å². The number of esters is 8. The molecule has 10 unspecified atom stereocenters. The minimum Gasteiger partial charge on any atom is -0.459 e. The highest BCUT2D eigenvalue weighted by Crippen LogP contribution is 2.63. The van der Waals surface area contributed by atoms with Crippen molar-refractivity contribution in [1.82, 2.24) is 0 Å². The van der Waals surface area contributed by atoms with Gasteiger partial charge >= 0.3 is 47.8 Å². The van der Waals surface area contributed by atoms with Crippen molar-refractivity contribution in [3.8, 4) is 12.1 Å². The summed E-state index contributed by atoms with van der Waals surface area (Å²) in [5.74, 6) is -2.27. The smallest absolute Gasteiger partial charge is 0.344 e. The Morgan fingerprint density at radius 1 is 0.465 bits per heavy atom. The maximum absolute atomic E-state index is 12.2. The van der Waals surface area contributed by atoms with E-state index in [1.165, 1.54) is 25.7 Å². The SMILES string of the molecule is CCC(C)(C)C(=O)OC1(C)CCCC1.CCC(C)(C)C(=O)OC1(C)CCCC1.CCC(C)(C)C(=O)OC1C2CC3C1OC(=O)C3(C#N)C2.CCC(C)(C)C(=O)OC1C2CC3C1OC(=O)C3(C#N)C2.CCC(C)(C)C(=O)OCC(=O)OC1(C)CCCC1. The summed E-state index contributed by atoms with van der Waals surface area (Å²) >= 11 is 0. The van der Waals surface area contributed by atoms with Crippen LogP contribution in [0.3, 0.4) is 0 Å². The molecule has 2 heterocycles. The molecule has 0 N–H and O–H groups in total. The average molecular weight is 1210 g/mol. The third kappa shape index (κ3) is 15.6. The summed E-state index contributed by atoms with van der Waals surface area (Å²) in [4.78, 5) is 95.3. The Labute approximate surface area is 513 Å². The predicted octanol–water partition coefficient (Wildman–Crippen LogP) is 13.1. The number of nitrogens with zero attached hydrogens (tertiary/aromatic N) is 2. The third-order valence-corrected chi connectivity index (χ3v) is 21.5. The van der Waals surface area contributed by atoms with E-state index in [9.17, 15) is 48.9 Å². The van der Waals surface area contributed by atoms with Crippen LogP contribution in [0.5, 0.6) is 0 Å². The number of ether oxygens (including phenoxy) is 8. The summed E-state index contributed by atoms with van der Waals surface area (Å²) in [7, 11) is 0. The molecule has 484 valence electrons. The van der Waals surface area contributed by atoms with Gasteiger partial charge in [0.15, 0.2) is 17.4 Å². The summed E-state index contributed by atoms with van der Waals surface area (Å²) in [6.07, 6.45) is 17.4. The van der Waals surface area contributed by atoms with Gasteiger partial charge in [-0.25, -0.2) is 4.79 Å². The summed E-state index contributed by atoms with van der Waals surface area (Å²) in [6, 6.07) is 4.30. The van der Waals surface area contributed by atoms with Gasteiger partial charge in [-0.3, -0.25) is 33.6 Å². The normalized spacial score (nSPS) is 29.9. The first-order chi connectivity index (χ1) is 39.8. The molecule has 0 amide bonds. The van der Waals surface area contributed by atoms with Crippen LogP contribution in [0, 0.1) is 84.2 Å². The summed E-state index contributed by atoms with van der Waals surface area (Å²) in [5, 5.41) is 18.6. The monoisotopic (exact) mass is 1210 g/mol. The zero-order chi connectivity index (χ0) is 64.9. The Morgan fingerprint density at radius 2 is 0.744 bits per heavy atom. The van der Waals surface area contributed by atoms with E-state index in [1.54, 1.807) is 13.8 Å². The van der Waals surface area contributed by atoms with Crippen LogP contribution in [0.15, 0.2) is 0 Å². The lowest BCUT2D eigenvalue weighted by Crippen LogP contribution is -2.42. The van der Waals surface area contributed by atoms with Crippen LogP contribution < -0.4 is 0 Å². The van der Waals surface area contributed by atoms with Crippen molar-refractivity contribution in [1.29, 1.82) is 10.5 Å². The van der Waals surface area contributed by atoms with Gasteiger partial charge < -0.3 is 37.9 Å². The maximum Gasteiger partial charge on any atom is 0.344 e. The lowest BCUT2D eigenvalue weighted by molar-refractivity contribution is -0.172. The molecule has 7 saturated carbocycles. The lowest BCUT2D eigenvalue weighted by Gasteiger charge is -2.30. The number of carbonyl (C=O) groups excluding carboxylic acids is 8. The maximum atomic E-state index is 12.2. The largest absolute Gasteiger partial charge is 0.459 e. The third-order valence-electron chi connectivity index (χ3n) is 21.5. The van der Waals surface area contributed by atoms with Gasteiger partial charge in [0, 0.05) is 23.7 Å². The van der Waals surface area contributed by atoms with Gasteiger partial charge in [0.1, 0.15) is 41.2 Å². The minimum absolute atomic E-state index is 0.0376. The van der Waals surface area contributed by atoms with Gasteiger partial charge in [0.25, 0.3) is 0 Å². The molecular formula is C68H106N2O16. The van der Waals surface area contributed by atoms with Crippen molar-refractivity contribution in [2.24, 2.45) is 61.6 Å². The summed E-state index contributed by atoms with van der Waals surface area (Å²) < 4.78 is 43.6. The molecule has 0 radical (unpaired) electrons. The molecule has 4 bridgehead atoms. The van der Waals surface area contributed by atoms with Crippen LogP contribution in [0.2, 0.25) is 0 Å². The average Bonchev–Trinajstić information content (AvgIpc) is 1.59. The Balaban J connectivity index is 0.000000198. The first-order valence-electron chi connectivity index (χ1n) is 32.3. The van der Waals surface area contributed by atoms with Crippen LogP contribution in [0.1, 0.15) is 259 Å². The number of hydrogen-bond acceptors (Lipinski definition) is 18. The van der Waals surface area contributed by atoms with Crippen LogP contribution >= 0.6 is 0 Å². The van der Waals surface area contributed by atoms with Crippen LogP contribution in [-0.4, -0.2) is 95.6 Å².